The number of ether oxygens (including phenoxy) is 1. The van der Waals surface area contributed by atoms with E-state index in [4.69, 9.17) is 9.94 Å². The van der Waals surface area contributed by atoms with Crippen molar-refractivity contribution in [1.29, 1.82) is 0 Å². The first kappa shape index (κ1) is 19.5. The number of carbonyl (C=O) groups excluding carboxylic acids is 1. The molecule has 0 fully saturated rings. The maximum absolute atomic E-state index is 13.2. The third-order valence-corrected chi connectivity index (χ3v) is 4.34. The molecule has 1 atom stereocenters. The summed E-state index contributed by atoms with van der Waals surface area (Å²) in [6.45, 7) is 1.85. The number of halogens is 1. The third kappa shape index (κ3) is 4.16. The van der Waals surface area contributed by atoms with Gasteiger partial charge < -0.3 is 9.84 Å². The molecule has 1 amide bonds. The van der Waals surface area contributed by atoms with E-state index in [1.54, 1.807) is 12.4 Å². The Morgan fingerprint density at radius 3 is 2.50 bits per heavy atom. The van der Waals surface area contributed by atoms with E-state index in [-0.39, 0.29) is 18.1 Å². The van der Waals surface area contributed by atoms with Crippen molar-refractivity contribution in [3.05, 3.63) is 94.6 Å². The number of rotatable bonds is 6. The standard InChI is InChI=1S/C21H19FN2O4/c1-13-17(19(25)15-7-9-16(22)10-8-15)11-23-18(21(26)24-27)20(13)28-12-14-5-3-2-4-6-14/h2-11,19,25,27H,12H2,1H3,(H,24,26). The van der Waals surface area contributed by atoms with Crippen molar-refractivity contribution >= 4 is 5.91 Å². The van der Waals surface area contributed by atoms with Crippen molar-refractivity contribution in [2.45, 2.75) is 19.6 Å². The number of aliphatic hydroxyl groups is 1. The minimum absolute atomic E-state index is 0.106. The van der Waals surface area contributed by atoms with E-state index in [1.807, 2.05) is 30.3 Å². The summed E-state index contributed by atoms with van der Waals surface area (Å²) >= 11 is 0. The fourth-order valence-corrected chi connectivity index (χ4v) is 2.82. The molecule has 1 aromatic heterocycles. The van der Waals surface area contributed by atoms with Crippen molar-refractivity contribution in [1.82, 2.24) is 10.5 Å². The van der Waals surface area contributed by atoms with Crippen molar-refractivity contribution in [2.24, 2.45) is 0 Å². The SMILES string of the molecule is Cc1c(C(O)c2ccc(F)cc2)cnc(C(=O)NO)c1OCc1ccccc1. The Morgan fingerprint density at radius 1 is 1.18 bits per heavy atom. The molecule has 2 aromatic carbocycles. The first-order valence-electron chi connectivity index (χ1n) is 8.55. The van der Waals surface area contributed by atoms with Crippen LogP contribution >= 0.6 is 0 Å². The lowest BCUT2D eigenvalue weighted by Crippen LogP contribution is -2.22. The molecule has 3 N–H and O–H groups in total. The summed E-state index contributed by atoms with van der Waals surface area (Å²) in [5.41, 5.74) is 3.69. The lowest BCUT2D eigenvalue weighted by Gasteiger charge is -2.19. The molecule has 3 aromatic rings. The number of amides is 1. The molecule has 7 heteroatoms. The highest BCUT2D eigenvalue weighted by Gasteiger charge is 2.23. The minimum Gasteiger partial charge on any atom is -0.486 e. The van der Waals surface area contributed by atoms with Gasteiger partial charge in [-0.15, -0.1) is 0 Å². The van der Waals surface area contributed by atoms with Crippen LogP contribution in [0.1, 0.15) is 38.8 Å². The summed E-state index contributed by atoms with van der Waals surface area (Å²) < 4.78 is 19.0. The van der Waals surface area contributed by atoms with Gasteiger partial charge in [-0.1, -0.05) is 42.5 Å². The zero-order chi connectivity index (χ0) is 20.1. The second-order valence-corrected chi connectivity index (χ2v) is 6.19. The molecule has 0 aliphatic heterocycles. The van der Waals surface area contributed by atoms with Gasteiger partial charge in [-0.2, -0.15) is 0 Å². The highest BCUT2D eigenvalue weighted by molar-refractivity contribution is 5.94. The molecule has 28 heavy (non-hydrogen) atoms. The van der Waals surface area contributed by atoms with E-state index in [1.165, 1.54) is 30.5 Å². The van der Waals surface area contributed by atoms with Crippen LogP contribution in [0.4, 0.5) is 4.39 Å². The molecule has 0 radical (unpaired) electrons. The summed E-state index contributed by atoms with van der Waals surface area (Å²) in [6.07, 6.45) is 0.252. The van der Waals surface area contributed by atoms with Crippen molar-refractivity contribution in [2.75, 3.05) is 0 Å². The fourth-order valence-electron chi connectivity index (χ4n) is 2.82. The second kappa shape index (κ2) is 8.60. The number of hydrogen-bond donors (Lipinski definition) is 3. The Labute approximate surface area is 161 Å². The number of nitrogens with one attached hydrogen (secondary N) is 1. The van der Waals surface area contributed by atoms with Crippen molar-refractivity contribution in [3.8, 4) is 5.75 Å². The molecule has 1 heterocycles. The van der Waals surface area contributed by atoms with Crippen LogP contribution in [-0.2, 0) is 6.61 Å². The lowest BCUT2D eigenvalue weighted by molar-refractivity contribution is 0.0695. The Kier molecular flexibility index (Phi) is 5.98. The molecule has 0 spiro atoms. The fraction of sp³-hybridized carbons (Fsp3) is 0.143. The van der Waals surface area contributed by atoms with Crippen LogP contribution in [0, 0.1) is 12.7 Å². The number of carbonyl (C=O) groups is 1. The highest BCUT2D eigenvalue weighted by Crippen LogP contribution is 2.32. The Morgan fingerprint density at radius 2 is 1.86 bits per heavy atom. The Balaban J connectivity index is 1.98. The van der Waals surface area contributed by atoms with Gasteiger partial charge in [0.1, 0.15) is 18.5 Å². The predicted octanol–water partition coefficient (Wildman–Crippen LogP) is 3.31. The van der Waals surface area contributed by atoms with Crippen LogP contribution in [0.2, 0.25) is 0 Å². The van der Waals surface area contributed by atoms with E-state index in [0.29, 0.717) is 16.7 Å². The Bertz CT molecular complexity index is 962. The number of hydrogen-bond acceptors (Lipinski definition) is 5. The van der Waals surface area contributed by atoms with Crippen LogP contribution in [0.5, 0.6) is 5.75 Å². The quantitative estimate of drug-likeness (QED) is 0.449. The minimum atomic E-state index is -1.08. The van der Waals surface area contributed by atoms with Crippen LogP contribution in [0.25, 0.3) is 0 Å². The maximum Gasteiger partial charge on any atom is 0.297 e. The molecule has 0 aliphatic rings. The lowest BCUT2D eigenvalue weighted by atomic mass is 9.98. The maximum atomic E-state index is 13.2. The Hall–Kier alpha value is -3.29. The van der Waals surface area contributed by atoms with Gasteiger partial charge in [-0.3, -0.25) is 10.0 Å². The van der Waals surface area contributed by atoms with Gasteiger partial charge in [0.05, 0.1) is 0 Å². The monoisotopic (exact) mass is 382 g/mol. The van der Waals surface area contributed by atoms with Crippen LogP contribution in [-0.4, -0.2) is 21.2 Å². The van der Waals surface area contributed by atoms with E-state index in [9.17, 15) is 14.3 Å². The smallest absolute Gasteiger partial charge is 0.297 e. The number of benzene rings is 2. The van der Waals surface area contributed by atoms with Crippen LogP contribution in [0.3, 0.4) is 0 Å². The molecular weight excluding hydrogens is 363 g/mol. The van der Waals surface area contributed by atoms with Crippen LogP contribution < -0.4 is 10.2 Å². The summed E-state index contributed by atoms with van der Waals surface area (Å²) in [7, 11) is 0. The number of nitrogens with zero attached hydrogens (tertiary/aromatic N) is 1. The van der Waals surface area contributed by atoms with Gasteiger partial charge in [0.2, 0.25) is 0 Å². The average Bonchev–Trinajstić information content (AvgIpc) is 2.73. The molecule has 0 bridgehead atoms. The zero-order valence-corrected chi connectivity index (χ0v) is 15.1. The molecule has 144 valence electrons. The topological polar surface area (TPSA) is 91.7 Å². The third-order valence-electron chi connectivity index (χ3n) is 4.34. The van der Waals surface area contributed by atoms with Gasteiger partial charge in [0.25, 0.3) is 5.91 Å². The molecule has 0 saturated carbocycles. The summed E-state index contributed by atoms with van der Waals surface area (Å²) in [4.78, 5) is 16.0. The van der Waals surface area contributed by atoms with Gasteiger partial charge in [-0.05, 0) is 30.2 Å². The molecular formula is C21H19FN2O4. The van der Waals surface area contributed by atoms with Crippen LogP contribution in [0.15, 0.2) is 60.8 Å². The van der Waals surface area contributed by atoms with Gasteiger partial charge in [0, 0.05) is 17.3 Å². The first-order chi connectivity index (χ1) is 13.5. The van der Waals surface area contributed by atoms with E-state index in [0.717, 1.165) is 5.56 Å². The first-order valence-corrected chi connectivity index (χ1v) is 8.55. The summed E-state index contributed by atoms with van der Waals surface area (Å²) in [5, 5.41) is 19.7. The van der Waals surface area contributed by atoms with Crippen molar-refractivity contribution < 1.29 is 24.2 Å². The normalized spacial score (nSPS) is 11.7. The summed E-state index contributed by atoms with van der Waals surface area (Å²) in [5.74, 6) is -1.09. The van der Waals surface area contributed by atoms with Gasteiger partial charge >= 0.3 is 0 Å². The average molecular weight is 382 g/mol. The highest BCUT2D eigenvalue weighted by atomic mass is 19.1. The number of aromatic nitrogens is 1. The number of pyridine rings is 1. The van der Waals surface area contributed by atoms with Gasteiger partial charge in [-0.25, -0.2) is 14.9 Å². The largest absolute Gasteiger partial charge is 0.486 e. The van der Waals surface area contributed by atoms with Crippen molar-refractivity contribution in [3.63, 3.8) is 0 Å². The zero-order valence-electron chi connectivity index (χ0n) is 15.1. The molecule has 0 saturated heterocycles. The number of aliphatic hydroxyl groups excluding tert-OH is 1. The molecule has 3 rings (SSSR count). The molecule has 6 nitrogen and oxygen atoms in total. The summed E-state index contributed by atoms with van der Waals surface area (Å²) in [6, 6.07) is 14.8. The second-order valence-electron chi connectivity index (χ2n) is 6.19. The molecule has 0 aliphatic carbocycles. The van der Waals surface area contributed by atoms with Gasteiger partial charge in [0.15, 0.2) is 11.4 Å². The van der Waals surface area contributed by atoms with E-state index < -0.39 is 17.8 Å². The van der Waals surface area contributed by atoms with E-state index in [2.05, 4.69) is 4.98 Å². The van der Waals surface area contributed by atoms with E-state index >= 15 is 0 Å². The predicted molar refractivity (Wildman–Crippen MR) is 99.5 cm³/mol. The number of hydroxylamine groups is 1. The molecule has 1 unspecified atom stereocenters.